The fraction of sp³-hybridized carbons (Fsp3) is 0.0833. The minimum absolute atomic E-state index is 0.163. The first-order valence-corrected chi connectivity index (χ1v) is 5.74. The van der Waals surface area contributed by atoms with Crippen LogP contribution < -0.4 is 16.6 Å². The number of aryl methyl sites for hydroxylation is 1. The molecule has 2 heterocycles. The van der Waals surface area contributed by atoms with E-state index in [2.05, 4.69) is 10.3 Å². The van der Waals surface area contributed by atoms with Gasteiger partial charge in [0.2, 0.25) is 5.56 Å². The van der Waals surface area contributed by atoms with E-state index in [1.807, 2.05) is 0 Å². The summed E-state index contributed by atoms with van der Waals surface area (Å²) in [4.78, 5) is 27.0. The SMILES string of the molecule is Cn1cc(NC(=O)c2cc(Cl)ncc2N)ccc1=O. The average Bonchev–Trinajstić information content (AvgIpc) is 2.36. The summed E-state index contributed by atoms with van der Waals surface area (Å²) in [5, 5.41) is 2.81. The van der Waals surface area contributed by atoms with Crippen LogP contribution in [0.3, 0.4) is 0 Å². The molecule has 1 amide bonds. The monoisotopic (exact) mass is 278 g/mol. The van der Waals surface area contributed by atoms with Crippen LogP contribution in [0, 0.1) is 0 Å². The van der Waals surface area contributed by atoms with Crippen molar-refractivity contribution < 1.29 is 4.79 Å². The fourth-order valence-electron chi connectivity index (χ4n) is 1.50. The first kappa shape index (κ1) is 13.1. The van der Waals surface area contributed by atoms with E-state index in [9.17, 15) is 9.59 Å². The number of carbonyl (C=O) groups is 1. The van der Waals surface area contributed by atoms with E-state index in [-0.39, 0.29) is 22.0 Å². The van der Waals surface area contributed by atoms with Gasteiger partial charge in [-0.1, -0.05) is 11.6 Å². The number of nitrogen functional groups attached to an aromatic ring is 1. The third-order valence-corrected chi connectivity index (χ3v) is 2.70. The molecular formula is C12H11ClN4O2. The van der Waals surface area contributed by atoms with Crippen LogP contribution in [0.4, 0.5) is 11.4 Å². The maximum absolute atomic E-state index is 12.0. The van der Waals surface area contributed by atoms with Crippen LogP contribution in [0.2, 0.25) is 5.15 Å². The van der Waals surface area contributed by atoms with Crippen LogP contribution >= 0.6 is 11.6 Å². The Morgan fingerprint density at radius 1 is 1.47 bits per heavy atom. The van der Waals surface area contributed by atoms with Crippen LogP contribution in [0.25, 0.3) is 0 Å². The summed E-state index contributed by atoms with van der Waals surface area (Å²) in [6.07, 6.45) is 2.83. The normalized spacial score (nSPS) is 10.2. The minimum atomic E-state index is -0.416. The highest BCUT2D eigenvalue weighted by atomic mass is 35.5. The van der Waals surface area contributed by atoms with Gasteiger partial charge in [0.25, 0.3) is 5.91 Å². The Bertz CT molecular complexity index is 696. The molecule has 2 aromatic heterocycles. The van der Waals surface area contributed by atoms with Gasteiger partial charge in [0.1, 0.15) is 5.15 Å². The van der Waals surface area contributed by atoms with Crippen molar-refractivity contribution in [2.45, 2.75) is 0 Å². The number of rotatable bonds is 2. The smallest absolute Gasteiger partial charge is 0.257 e. The van der Waals surface area contributed by atoms with Crippen LogP contribution in [0.1, 0.15) is 10.4 Å². The average molecular weight is 279 g/mol. The number of amides is 1. The number of halogens is 1. The second-order valence-corrected chi connectivity index (χ2v) is 4.30. The molecule has 0 aliphatic heterocycles. The van der Waals surface area contributed by atoms with Gasteiger partial charge < -0.3 is 15.6 Å². The minimum Gasteiger partial charge on any atom is -0.397 e. The Kier molecular flexibility index (Phi) is 3.52. The molecule has 0 bridgehead atoms. The Hall–Kier alpha value is -2.34. The van der Waals surface area contributed by atoms with Gasteiger partial charge in [-0.15, -0.1) is 0 Å². The van der Waals surface area contributed by atoms with Gasteiger partial charge in [0.05, 0.1) is 23.1 Å². The molecule has 0 aliphatic rings. The summed E-state index contributed by atoms with van der Waals surface area (Å²) in [7, 11) is 1.59. The van der Waals surface area contributed by atoms with Crippen molar-refractivity contribution >= 4 is 28.9 Å². The highest BCUT2D eigenvalue weighted by molar-refractivity contribution is 6.30. The van der Waals surface area contributed by atoms with Crippen molar-refractivity contribution in [2.75, 3.05) is 11.1 Å². The zero-order chi connectivity index (χ0) is 14.0. The van der Waals surface area contributed by atoms with Gasteiger partial charge in [-0.3, -0.25) is 9.59 Å². The second-order valence-electron chi connectivity index (χ2n) is 3.92. The Morgan fingerprint density at radius 2 is 2.21 bits per heavy atom. The number of nitrogens with one attached hydrogen (secondary N) is 1. The molecule has 0 saturated carbocycles. The first-order valence-electron chi connectivity index (χ1n) is 5.36. The maximum atomic E-state index is 12.0. The molecule has 6 nitrogen and oxygen atoms in total. The third-order valence-electron chi connectivity index (χ3n) is 2.49. The fourth-order valence-corrected chi connectivity index (χ4v) is 1.66. The third kappa shape index (κ3) is 2.92. The Labute approximate surface area is 113 Å². The number of aromatic nitrogens is 2. The molecule has 19 heavy (non-hydrogen) atoms. The number of hydrogen-bond donors (Lipinski definition) is 2. The zero-order valence-electron chi connectivity index (χ0n) is 10.1. The molecule has 0 unspecified atom stereocenters. The molecule has 0 atom stereocenters. The summed E-state index contributed by atoms with van der Waals surface area (Å²) in [6, 6.07) is 4.26. The molecule has 0 aliphatic carbocycles. The lowest BCUT2D eigenvalue weighted by Crippen LogP contribution is -2.18. The summed E-state index contributed by atoms with van der Waals surface area (Å²) in [5.74, 6) is -0.416. The molecule has 7 heteroatoms. The van der Waals surface area contributed by atoms with Crippen LogP contribution in [0.5, 0.6) is 0 Å². The van der Waals surface area contributed by atoms with E-state index in [1.54, 1.807) is 7.05 Å². The van der Waals surface area contributed by atoms with Gasteiger partial charge in [0, 0.05) is 19.3 Å². The standard InChI is InChI=1S/C12H11ClN4O2/c1-17-6-7(2-3-11(17)18)16-12(19)8-4-10(13)15-5-9(8)14/h2-6H,14H2,1H3,(H,16,19). The molecule has 0 radical (unpaired) electrons. The van der Waals surface area contributed by atoms with Gasteiger partial charge >= 0.3 is 0 Å². The molecule has 0 fully saturated rings. The molecule has 2 aromatic rings. The molecular weight excluding hydrogens is 268 g/mol. The van der Waals surface area contributed by atoms with E-state index >= 15 is 0 Å². The topological polar surface area (TPSA) is 90.0 Å². The zero-order valence-corrected chi connectivity index (χ0v) is 10.8. The number of hydrogen-bond acceptors (Lipinski definition) is 4. The van der Waals surface area contributed by atoms with Crippen LogP contribution in [-0.4, -0.2) is 15.5 Å². The number of carbonyl (C=O) groups excluding carboxylic acids is 1. The van der Waals surface area contributed by atoms with Crippen molar-refractivity contribution in [1.29, 1.82) is 0 Å². The predicted octanol–water partition coefficient (Wildman–Crippen LogP) is 1.27. The quantitative estimate of drug-likeness (QED) is 0.810. The van der Waals surface area contributed by atoms with Crippen LogP contribution in [-0.2, 0) is 7.05 Å². The van der Waals surface area contributed by atoms with E-state index in [0.717, 1.165) is 0 Å². The summed E-state index contributed by atoms with van der Waals surface area (Å²) < 4.78 is 1.36. The molecule has 0 saturated heterocycles. The van der Waals surface area contributed by atoms with Crippen LogP contribution in [0.15, 0.2) is 35.4 Å². The number of nitrogens with two attached hydrogens (primary N) is 1. The number of pyridine rings is 2. The summed E-state index contributed by atoms with van der Waals surface area (Å²) >= 11 is 5.72. The van der Waals surface area contributed by atoms with Crippen molar-refractivity contribution in [2.24, 2.45) is 7.05 Å². The lowest BCUT2D eigenvalue weighted by atomic mass is 10.2. The molecule has 0 spiro atoms. The van der Waals surface area contributed by atoms with Gasteiger partial charge in [-0.25, -0.2) is 4.98 Å². The molecule has 3 N–H and O–H groups in total. The van der Waals surface area contributed by atoms with E-state index < -0.39 is 5.91 Å². The van der Waals surface area contributed by atoms with Crippen molar-refractivity contribution in [3.8, 4) is 0 Å². The summed E-state index contributed by atoms with van der Waals surface area (Å²) in [5.41, 5.74) is 6.44. The van der Waals surface area contributed by atoms with E-state index in [1.165, 1.54) is 35.2 Å². The lowest BCUT2D eigenvalue weighted by Gasteiger charge is -2.08. The highest BCUT2D eigenvalue weighted by Crippen LogP contribution is 2.16. The Balaban J connectivity index is 2.28. The van der Waals surface area contributed by atoms with Crippen molar-refractivity contribution in [3.63, 3.8) is 0 Å². The maximum Gasteiger partial charge on any atom is 0.257 e. The predicted molar refractivity (Wildman–Crippen MR) is 73.3 cm³/mol. The summed E-state index contributed by atoms with van der Waals surface area (Å²) in [6.45, 7) is 0. The molecule has 0 aromatic carbocycles. The van der Waals surface area contributed by atoms with E-state index in [4.69, 9.17) is 17.3 Å². The van der Waals surface area contributed by atoms with Gasteiger partial charge in [-0.2, -0.15) is 0 Å². The lowest BCUT2D eigenvalue weighted by molar-refractivity contribution is 0.102. The second kappa shape index (κ2) is 5.11. The van der Waals surface area contributed by atoms with Gasteiger partial charge in [-0.05, 0) is 12.1 Å². The van der Waals surface area contributed by atoms with Gasteiger partial charge in [0.15, 0.2) is 0 Å². The molecule has 2 rings (SSSR count). The molecule has 98 valence electrons. The first-order chi connectivity index (χ1) is 8.97. The number of anilines is 2. The van der Waals surface area contributed by atoms with Crippen molar-refractivity contribution in [3.05, 3.63) is 51.7 Å². The van der Waals surface area contributed by atoms with E-state index in [0.29, 0.717) is 5.69 Å². The number of nitrogens with zero attached hydrogens (tertiary/aromatic N) is 2. The Morgan fingerprint density at radius 3 is 2.89 bits per heavy atom. The van der Waals surface area contributed by atoms with Crippen molar-refractivity contribution in [1.82, 2.24) is 9.55 Å². The highest BCUT2D eigenvalue weighted by Gasteiger charge is 2.11. The largest absolute Gasteiger partial charge is 0.397 e.